The van der Waals surface area contributed by atoms with E-state index in [1.54, 1.807) is 19.2 Å². The number of ether oxygens (including phenoxy) is 2. The van der Waals surface area contributed by atoms with Gasteiger partial charge in [0.25, 0.3) is 11.7 Å². The second kappa shape index (κ2) is 11.2. The van der Waals surface area contributed by atoms with Crippen LogP contribution in [0, 0.1) is 6.92 Å². The summed E-state index contributed by atoms with van der Waals surface area (Å²) < 4.78 is 11.1. The Morgan fingerprint density at radius 3 is 2.26 bits per heavy atom. The van der Waals surface area contributed by atoms with Gasteiger partial charge >= 0.3 is 0 Å². The quantitative estimate of drug-likeness (QED) is 0.229. The Balaban J connectivity index is 1.71. The van der Waals surface area contributed by atoms with Crippen molar-refractivity contribution in [2.24, 2.45) is 0 Å². The summed E-state index contributed by atoms with van der Waals surface area (Å²) in [5.41, 5.74) is 4.20. The molecule has 1 amide bonds. The molecule has 1 heterocycles. The number of aliphatic hydroxyl groups is 1. The van der Waals surface area contributed by atoms with Crippen LogP contribution in [0.25, 0.3) is 5.76 Å². The molecular formula is C32H35NO5. The molecule has 0 radical (unpaired) electrons. The van der Waals surface area contributed by atoms with E-state index in [1.165, 1.54) is 4.90 Å². The molecule has 3 aromatic carbocycles. The highest BCUT2D eigenvalue weighted by Gasteiger charge is 2.46. The van der Waals surface area contributed by atoms with Gasteiger partial charge in [0.1, 0.15) is 18.1 Å². The van der Waals surface area contributed by atoms with Crippen molar-refractivity contribution in [1.29, 1.82) is 0 Å². The summed E-state index contributed by atoms with van der Waals surface area (Å²) in [6, 6.07) is 22.3. The minimum atomic E-state index is -0.715. The van der Waals surface area contributed by atoms with Gasteiger partial charge in [0.05, 0.1) is 18.2 Å². The molecule has 1 atom stereocenters. The number of likely N-dealkylation sites (tertiary alicyclic amines) is 1. The lowest BCUT2D eigenvalue weighted by Crippen LogP contribution is -2.32. The van der Waals surface area contributed by atoms with Crippen molar-refractivity contribution in [2.75, 3.05) is 20.3 Å². The molecule has 6 heteroatoms. The summed E-state index contributed by atoms with van der Waals surface area (Å²) >= 11 is 0. The topological polar surface area (TPSA) is 76.1 Å². The fraction of sp³-hybridized carbons (Fsp3) is 0.312. The molecule has 198 valence electrons. The molecule has 0 aromatic heterocycles. The van der Waals surface area contributed by atoms with Crippen LogP contribution in [0.5, 0.6) is 5.75 Å². The van der Waals surface area contributed by atoms with E-state index in [-0.39, 0.29) is 29.9 Å². The molecule has 6 nitrogen and oxygen atoms in total. The monoisotopic (exact) mass is 513 g/mol. The first-order chi connectivity index (χ1) is 18.1. The molecule has 0 spiro atoms. The van der Waals surface area contributed by atoms with Gasteiger partial charge in [0.2, 0.25) is 0 Å². The van der Waals surface area contributed by atoms with Gasteiger partial charge in [-0.05, 0) is 52.8 Å². The van der Waals surface area contributed by atoms with E-state index >= 15 is 0 Å². The fourth-order valence-electron chi connectivity index (χ4n) is 4.69. The Hall–Kier alpha value is -3.90. The van der Waals surface area contributed by atoms with Gasteiger partial charge in [-0.15, -0.1) is 0 Å². The normalized spacial score (nSPS) is 17.2. The van der Waals surface area contributed by atoms with Crippen LogP contribution in [0.1, 0.15) is 54.6 Å². The van der Waals surface area contributed by atoms with Crippen molar-refractivity contribution in [2.45, 2.75) is 45.8 Å². The molecule has 1 aliphatic rings. The van der Waals surface area contributed by atoms with Crippen LogP contribution in [-0.4, -0.2) is 42.0 Å². The van der Waals surface area contributed by atoms with Gasteiger partial charge < -0.3 is 19.5 Å². The molecule has 1 saturated heterocycles. The van der Waals surface area contributed by atoms with Crippen LogP contribution < -0.4 is 4.74 Å². The number of hydrogen-bond acceptors (Lipinski definition) is 5. The molecule has 0 aliphatic carbocycles. The van der Waals surface area contributed by atoms with E-state index in [2.05, 4.69) is 20.8 Å². The van der Waals surface area contributed by atoms with E-state index in [0.717, 1.165) is 22.3 Å². The van der Waals surface area contributed by atoms with E-state index in [9.17, 15) is 14.7 Å². The van der Waals surface area contributed by atoms with E-state index in [0.29, 0.717) is 17.9 Å². The van der Waals surface area contributed by atoms with E-state index < -0.39 is 17.7 Å². The van der Waals surface area contributed by atoms with Crippen LogP contribution in [0.15, 0.2) is 78.4 Å². The fourth-order valence-corrected chi connectivity index (χ4v) is 4.69. The Bertz CT molecular complexity index is 1340. The Morgan fingerprint density at radius 2 is 1.66 bits per heavy atom. The second-order valence-corrected chi connectivity index (χ2v) is 10.6. The average Bonchev–Trinajstić information content (AvgIpc) is 3.15. The first-order valence-corrected chi connectivity index (χ1v) is 12.8. The van der Waals surface area contributed by atoms with Crippen molar-refractivity contribution < 1.29 is 24.2 Å². The lowest BCUT2D eigenvalue weighted by atomic mass is 9.85. The summed E-state index contributed by atoms with van der Waals surface area (Å²) in [5, 5.41) is 11.5. The molecule has 3 aromatic rings. The van der Waals surface area contributed by atoms with Crippen LogP contribution in [-0.2, 0) is 26.3 Å². The Morgan fingerprint density at radius 1 is 0.974 bits per heavy atom. The molecule has 1 fully saturated rings. The lowest BCUT2D eigenvalue weighted by Gasteiger charge is -2.26. The summed E-state index contributed by atoms with van der Waals surface area (Å²) in [6.45, 7) is 9.15. The number of aliphatic hydroxyl groups excluding tert-OH is 1. The first-order valence-electron chi connectivity index (χ1n) is 12.8. The van der Waals surface area contributed by atoms with Crippen LogP contribution in [0.3, 0.4) is 0 Å². The standard InChI is InChI=1S/C32H35NO5/c1-21-19-25(38-20-22-9-7-6-8-10-22)15-16-26(21)29(34)27-28(33(17-18-37-5)31(36)30(27)35)23-11-13-24(14-12-23)32(2,3)4/h6-16,19,28,34H,17-18,20H2,1-5H3/b29-27+. The van der Waals surface area contributed by atoms with Gasteiger partial charge in [0, 0.05) is 19.2 Å². The Kier molecular flexibility index (Phi) is 8.02. The maximum Gasteiger partial charge on any atom is 0.295 e. The zero-order valence-electron chi connectivity index (χ0n) is 22.7. The summed E-state index contributed by atoms with van der Waals surface area (Å²) in [6.07, 6.45) is 0. The minimum absolute atomic E-state index is 0.0438. The molecule has 1 unspecified atom stereocenters. The third kappa shape index (κ3) is 5.65. The zero-order valence-corrected chi connectivity index (χ0v) is 22.7. The third-order valence-corrected chi connectivity index (χ3v) is 6.87. The molecule has 38 heavy (non-hydrogen) atoms. The molecule has 4 rings (SSSR count). The molecular weight excluding hydrogens is 478 g/mol. The number of methoxy groups -OCH3 is 1. The molecule has 1 N–H and O–H groups in total. The van der Waals surface area contributed by atoms with Crippen molar-refractivity contribution in [3.05, 3.63) is 106 Å². The highest BCUT2D eigenvalue weighted by atomic mass is 16.5. The largest absolute Gasteiger partial charge is 0.507 e. The third-order valence-electron chi connectivity index (χ3n) is 6.87. The van der Waals surface area contributed by atoms with Crippen molar-refractivity contribution in [1.82, 2.24) is 4.90 Å². The molecule has 0 bridgehead atoms. The number of rotatable bonds is 8. The van der Waals surface area contributed by atoms with E-state index in [4.69, 9.17) is 9.47 Å². The number of amides is 1. The Labute approximate surface area is 224 Å². The van der Waals surface area contributed by atoms with Gasteiger partial charge in [0.15, 0.2) is 0 Å². The highest BCUT2D eigenvalue weighted by Crippen LogP contribution is 2.40. The number of benzene rings is 3. The number of nitrogens with zero attached hydrogens (tertiary/aromatic N) is 1. The number of Topliss-reactive ketones (excluding diaryl/α,β-unsaturated/α-hetero) is 1. The smallest absolute Gasteiger partial charge is 0.295 e. The predicted molar refractivity (Wildman–Crippen MR) is 148 cm³/mol. The van der Waals surface area contributed by atoms with Gasteiger partial charge in [-0.2, -0.15) is 0 Å². The summed E-state index contributed by atoms with van der Waals surface area (Å²) in [7, 11) is 1.55. The van der Waals surface area contributed by atoms with Gasteiger partial charge in [-0.3, -0.25) is 9.59 Å². The minimum Gasteiger partial charge on any atom is -0.507 e. The SMILES string of the molecule is COCCN1C(=O)C(=O)/C(=C(/O)c2ccc(OCc3ccccc3)cc2C)C1c1ccc(C(C)(C)C)cc1. The average molecular weight is 514 g/mol. The highest BCUT2D eigenvalue weighted by molar-refractivity contribution is 6.46. The maximum atomic E-state index is 13.3. The summed E-state index contributed by atoms with van der Waals surface area (Å²) in [4.78, 5) is 27.8. The number of carbonyl (C=O) groups is 2. The number of hydrogen-bond donors (Lipinski definition) is 1. The van der Waals surface area contributed by atoms with Crippen molar-refractivity contribution >= 4 is 17.4 Å². The van der Waals surface area contributed by atoms with Gasteiger partial charge in [-0.1, -0.05) is 75.4 Å². The van der Waals surface area contributed by atoms with Gasteiger partial charge in [-0.25, -0.2) is 0 Å². The van der Waals surface area contributed by atoms with Crippen LogP contribution in [0.2, 0.25) is 0 Å². The van der Waals surface area contributed by atoms with Crippen molar-refractivity contribution in [3.63, 3.8) is 0 Å². The van der Waals surface area contributed by atoms with Crippen LogP contribution >= 0.6 is 0 Å². The second-order valence-electron chi connectivity index (χ2n) is 10.6. The maximum absolute atomic E-state index is 13.3. The predicted octanol–water partition coefficient (Wildman–Crippen LogP) is 5.94. The van der Waals surface area contributed by atoms with Crippen molar-refractivity contribution in [3.8, 4) is 5.75 Å². The number of ketones is 1. The lowest BCUT2D eigenvalue weighted by molar-refractivity contribution is -0.140. The van der Waals surface area contributed by atoms with Crippen LogP contribution in [0.4, 0.5) is 0 Å². The molecule has 0 saturated carbocycles. The first kappa shape index (κ1) is 27.1. The summed E-state index contributed by atoms with van der Waals surface area (Å²) in [5.74, 6) is -0.890. The number of carbonyl (C=O) groups excluding carboxylic acids is 2. The molecule has 1 aliphatic heterocycles. The van der Waals surface area contributed by atoms with E-state index in [1.807, 2.05) is 67.6 Å². The number of aryl methyl sites for hydroxylation is 1. The zero-order chi connectivity index (χ0) is 27.4.